The van der Waals surface area contributed by atoms with E-state index in [0.29, 0.717) is 6.54 Å². The molecule has 0 unspecified atom stereocenters. The number of amides is 1. The van der Waals surface area contributed by atoms with Gasteiger partial charge in [-0.25, -0.2) is 8.42 Å². The molecule has 7 nitrogen and oxygen atoms in total. The number of carbonyl (C=O) groups excluding carboxylic acids is 2. The minimum absolute atomic E-state index is 0.103. The maximum atomic E-state index is 12.5. The monoisotopic (exact) mass is 408 g/mol. The Hall–Kier alpha value is -2.19. The van der Waals surface area contributed by atoms with Crippen molar-refractivity contribution < 1.29 is 22.7 Å². The highest BCUT2D eigenvalue weighted by Gasteiger charge is 2.25. The number of hydrogen-bond acceptors (Lipinski definition) is 5. The lowest BCUT2D eigenvalue weighted by molar-refractivity contribution is -0.151. The number of esters is 1. The van der Waals surface area contributed by atoms with Gasteiger partial charge in [-0.1, -0.05) is 23.8 Å². The number of carbonyl (C=O) groups is 2. The molecular formula is C20H28N2O5S. The average molecular weight is 409 g/mol. The summed E-state index contributed by atoms with van der Waals surface area (Å²) in [7, 11) is -2.49. The molecule has 1 aliphatic rings. The summed E-state index contributed by atoms with van der Waals surface area (Å²) in [5.74, 6) is -1.06. The number of allylic oxidation sites excluding steroid dienone is 2. The van der Waals surface area contributed by atoms with E-state index in [1.165, 1.54) is 19.2 Å². The van der Waals surface area contributed by atoms with Gasteiger partial charge < -0.3 is 9.64 Å². The molecule has 0 saturated carbocycles. The molecule has 28 heavy (non-hydrogen) atoms. The minimum atomic E-state index is -3.80. The Morgan fingerprint density at radius 1 is 1.14 bits per heavy atom. The van der Waals surface area contributed by atoms with Crippen LogP contribution in [0, 0.1) is 6.92 Å². The molecule has 0 saturated heterocycles. The first-order valence-electron chi connectivity index (χ1n) is 9.43. The fourth-order valence-corrected chi connectivity index (χ4v) is 4.14. The van der Waals surface area contributed by atoms with Crippen molar-refractivity contribution in [1.82, 2.24) is 9.21 Å². The van der Waals surface area contributed by atoms with Crippen molar-refractivity contribution >= 4 is 21.9 Å². The third kappa shape index (κ3) is 5.65. The maximum absolute atomic E-state index is 12.5. The Bertz CT molecular complexity index is 831. The first kappa shape index (κ1) is 22.1. The third-order valence-corrected chi connectivity index (χ3v) is 6.49. The van der Waals surface area contributed by atoms with Crippen molar-refractivity contribution in [3.8, 4) is 0 Å². The molecule has 0 aliphatic heterocycles. The molecular weight excluding hydrogens is 380 g/mol. The van der Waals surface area contributed by atoms with Gasteiger partial charge in [0, 0.05) is 19.3 Å². The summed E-state index contributed by atoms with van der Waals surface area (Å²) in [6, 6.07) is 6.37. The summed E-state index contributed by atoms with van der Waals surface area (Å²) in [6.07, 6.45) is 5.99. The highest BCUT2D eigenvalue weighted by atomic mass is 32.2. The summed E-state index contributed by atoms with van der Waals surface area (Å²) in [4.78, 5) is 26.2. The van der Waals surface area contributed by atoms with Crippen molar-refractivity contribution in [3.05, 3.63) is 41.6 Å². The predicted octanol–water partition coefficient (Wildman–Crippen LogP) is 2.47. The second-order valence-electron chi connectivity index (χ2n) is 6.81. The quantitative estimate of drug-likeness (QED) is 0.617. The molecule has 154 valence electrons. The summed E-state index contributed by atoms with van der Waals surface area (Å²) < 4.78 is 31.0. The van der Waals surface area contributed by atoms with Crippen molar-refractivity contribution in [2.75, 3.05) is 26.7 Å². The number of sulfonamides is 1. The molecule has 0 aromatic heterocycles. The standard InChI is InChI=1S/C20H28N2O5S/c1-4-22(17-8-6-5-7-9-17)19(23)15-27-20(24)14-21(3)28(25,26)18-12-10-16(2)11-13-18/h8,10-13H,4-7,9,14-15H2,1-3H3. The minimum Gasteiger partial charge on any atom is -0.455 e. The summed E-state index contributed by atoms with van der Waals surface area (Å²) in [5.41, 5.74) is 1.90. The molecule has 0 atom stereocenters. The summed E-state index contributed by atoms with van der Waals surface area (Å²) in [5, 5.41) is 0. The van der Waals surface area contributed by atoms with E-state index in [0.717, 1.165) is 41.2 Å². The first-order valence-corrected chi connectivity index (χ1v) is 10.9. The molecule has 0 spiro atoms. The molecule has 2 rings (SSSR count). The van der Waals surface area contributed by atoms with E-state index < -0.39 is 29.1 Å². The lowest BCUT2D eigenvalue weighted by atomic mass is 10.0. The normalized spacial score (nSPS) is 14.5. The molecule has 1 aliphatic carbocycles. The van der Waals surface area contributed by atoms with Crippen LogP contribution in [0.2, 0.25) is 0 Å². The number of hydrogen-bond donors (Lipinski definition) is 0. The van der Waals surface area contributed by atoms with Crippen LogP contribution in [0.25, 0.3) is 0 Å². The summed E-state index contributed by atoms with van der Waals surface area (Å²) >= 11 is 0. The van der Waals surface area contributed by atoms with Crippen LogP contribution >= 0.6 is 0 Å². The Kier molecular flexibility index (Phi) is 7.77. The number of likely N-dealkylation sites (N-methyl/N-ethyl adjacent to an activating group) is 2. The Labute approximate surface area is 167 Å². The van der Waals surface area contributed by atoms with Crippen molar-refractivity contribution in [3.63, 3.8) is 0 Å². The summed E-state index contributed by atoms with van der Waals surface area (Å²) in [6.45, 7) is 3.37. The van der Waals surface area contributed by atoms with E-state index in [9.17, 15) is 18.0 Å². The van der Waals surface area contributed by atoms with Crippen molar-refractivity contribution in [1.29, 1.82) is 0 Å². The van der Waals surface area contributed by atoms with Gasteiger partial charge in [-0.15, -0.1) is 0 Å². The zero-order valence-corrected chi connectivity index (χ0v) is 17.5. The lowest BCUT2D eigenvalue weighted by Gasteiger charge is -2.26. The van der Waals surface area contributed by atoms with E-state index in [1.807, 2.05) is 13.8 Å². The van der Waals surface area contributed by atoms with Crippen molar-refractivity contribution in [2.45, 2.75) is 44.4 Å². The molecule has 0 bridgehead atoms. The van der Waals surface area contributed by atoms with Gasteiger partial charge in [-0.3, -0.25) is 9.59 Å². The van der Waals surface area contributed by atoms with Crippen LogP contribution in [0.1, 0.15) is 38.2 Å². The number of rotatable bonds is 8. The third-order valence-electron chi connectivity index (χ3n) is 4.67. The smallest absolute Gasteiger partial charge is 0.321 e. The van der Waals surface area contributed by atoms with Gasteiger partial charge in [-0.05, 0) is 51.7 Å². The first-order chi connectivity index (χ1) is 13.3. The van der Waals surface area contributed by atoms with Gasteiger partial charge >= 0.3 is 5.97 Å². The second-order valence-corrected chi connectivity index (χ2v) is 8.86. The fourth-order valence-electron chi connectivity index (χ4n) is 3.03. The zero-order chi connectivity index (χ0) is 20.7. The SMILES string of the molecule is CCN(C(=O)COC(=O)CN(C)S(=O)(=O)c1ccc(C)cc1)C1=CCCCC1. The highest BCUT2D eigenvalue weighted by Crippen LogP contribution is 2.21. The number of benzene rings is 1. The van der Waals surface area contributed by atoms with Gasteiger partial charge in [0.1, 0.15) is 6.54 Å². The molecule has 1 aromatic carbocycles. The molecule has 0 fully saturated rings. The van der Waals surface area contributed by atoms with E-state index >= 15 is 0 Å². The van der Waals surface area contributed by atoms with Crippen LogP contribution in [-0.4, -0.2) is 56.2 Å². The zero-order valence-electron chi connectivity index (χ0n) is 16.7. The van der Waals surface area contributed by atoms with E-state index in [-0.39, 0.29) is 10.8 Å². The molecule has 1 aromatic rings. The Morgan fingerprint density at radius 2 is 1.82 bits per heavy atom. The van der Waals surface area contributed by atoms with Gasteiger partial charge in [0.2, 0.25) is 10.0 Å². The lowest BCUT2D eigenvalue weighted by Crippen LogP contribution is -2.37. The predicted molar refractivity (Wildman–Crippen MR) is 106 cm³/mol. The van der Waals surface area contributed by atoms with E-state index in [2.05, 4.69) is 6.08 Å². The average Bonchev–Trinajstić information content (AvgIpc) is 2.68. The Balaban J connectivity index is 1.91. The van der Waals surface area contributed by atoms with Gasteiger partial charge in [-0.2, -0.15) is 4.31 Å². The van der Waals surface area contributed by atoms with Gasteiger partial charge in [0.05, 0.1) is 4.90 Å². The van der Waals surface area contributed by atoms with Crippen LogP contribution in [-0.2, 0) is 24.3 Å². The number of ether oxygens (including phenoxy) is 1. The van der Waals surface area contributed by atoms with Crippen LogP contribution in [0.5, 0.6) is 0 Å². The maximum Gasteiger partial charge on any atom is 0.321 e. The molecule has 0 N–H and O–H groups in total. The second kappa shape index (κ2) is 9.84. The Morgan fingerprint density at radius 3 is 2.39 bits per heavy atom. The van der Waals surface area contributed by atoms with Gasteiger partial charge in [0.25, 0.3) is 5.91 Å². The highest BCUT2D eigenvalue weighted by molar-refractivity contribution is 7.89. The number of nitrogens with zero attached hydrogens (tertiary/aromatic N) is 2. The van der Waals surface area contributed by atoms with Gasteiger partial charge in [0.15, 0.2) is 6.61 Å². The molecule has 0 heterocycles. The number of aryl methyl sites for hydroxylation is 1. The van der Waals surface area contributed by atoms with Crippen LogP contribution in [0.15, 0.2) is 40.9 Å². The van der Waals surface area contributed by atoms with Crippen LogP contribution in [0.4, 0.5) is 0 Å². The van der Waals surface area contributed by atoms with E-state index in [1.54, 1.807) is 17.0 Å². The van der Waals surface area contributed by atoms with Crippen molar-refractivity contribution in [2.24, 2.45) is 0 Å². The molecule has 0 radical (unpaired) electrons. The largest absolute Gasteiger partial charge is 0.455 e. The fraction of sp³-hybridized carbons (Fsp3) is 0.500. The van der Waals surface area contributed by atoms with E-state index in [4.69, 9.17) is 4.74 Å². The van der Waals surface area contributed by atoms with Crippen LogP contribution in [0.3, 0.4) is 0 Å². The molecule has 8 heteroatoms. The van der Waals surface area contributed by atoms with Crippen LogP contribution < -0.4 is 0 Å². The topological polar surface area (TPSA) is 84.0 Å². The molecule has 1 amide bonds.